The molecule has 0 aliphatic heterocycles. The highest BCUT2D eigenvalue weighted by molar-refractivity contribution is 5.89. The van der Waals surface area contributed by atoms with Crippen LogP contribution in [0.4, 0.5) is 0 Å². The van der Waals surface area contributed by atoms with Crippen LogP contribution >= 0.6 is 0 Å². The van der Waals surface area contributed by atoms with Crippen LogP contribution in [0.2, 0.25) is 0 Å². The number of hydrogen-bond acceptors (Lipinski definition) is 4. The summed E-state index contributed by atoms with van der Waals surface area (Å²) in [5, 5.41) is 0. The fourth-order valence-electron chi connectivity index (χ4n) is 0.934. The predicted molar refractivity (Wildman–Crippen MR) is 51.7 cm³/mol. The molecule has 0 radical (unpaired) electrons. The number of hydrogen-bond donors (Lipinski definition) is 1. The van der Waals surface area contributed by atoms with E-state index in [2.05, 4.69) is 0 Å². The first-order valence-electron chi connectivity index (χ1n) is 4.34. The van der Waals surface area contributed by atoms with Crippen molar-refractivity contribution in [1.29, 1.82) is 0 Å². The van der Waals surface area contributed by atoms with E-state index in [1.807, 2.05) is 6.07 Å². The summed E-state index contributed by atoms with van der Waals surface area (Å²) in [4.78, 5) is 11.3. The zero-order valence-electron chi connectivity index (χ0n) is 7.81. The third-order valence-corrected chi connectivity index (χ3v) is 1.59. The van der Waals surface area contributed by atoms with Gasteiger partial charge in [0.05, 0.1) is 18.9 Å². The second-order valence-electron chi connectivity index (χ2n) is 2.58. The molecule has 0 amide bonds. The van der Waals surface area contributed by atoms with Gasteiger partial charge in [0, 0.05) is 0 Å². The van der Waals surface area contributed by atoms with Gasteiger partial charge in [-0.25, -0.2) is 4.79 Å². The van der Waals surface area contributed by atoms with Crippen LogP contribution in [0.5, 0.6) is 0 Å². The Hall–Kier alpha value is -1.39. The van der Waals surface area contributed by atoms with Crippen LogP contribution in [-0.4, -0.2) is 25.9 Å². The van der Waals surface area contributed by atoms with E-state index in [0.29, 0.717) is 12.2 Å². The third kappa shape index (κ3) is 3.55. The number of ether oxygens (including phenoxy) is 2. The largest absolute Gasteiger partial charge is 0.460 e. The van der Waals surface area contributed by atoms with Crippen LogP contribution in [0.25, 0.3) is 0 Å². The van der Waals surface area contributed by atoms with Gasteiger partial charge in [0.1, 0.15) is 6.61 Å². The molecule has 0 unspecified atom stereocenters. The minimum absolute atomic E-state index is 0.142. The summed E-state index contributed by atoms with van der Waals surface area (Å²) < 4.78 is 9.73. The highest BCUT2D eigenvalue weighted by Gasteiger charge is 2.04. The summed E-state index contributed by atoms with van der Waals surface area (Å²) in [6, 6.07) is 8.81. The smallest absolute Gasteiger partial charge is 0.338 e. The molecule has 0 saturated carbocycles. The average Bonchev–Trinajstić information content (AvgIpc) is 2.25. The van der Waals surface area contributed by atoms with Crippen LogP contribution in [0.1, 0.15) is 10.4 Å². The summed E-state index contributed by atoms with van der Waals surface area (Å²) in [6.07, 6.45) is 0. The fraction of sp³-hybridized carbons (Fsp3) is 0.300. The van der Waals surface area contributed by atoms with E-state index in [1.54, 1.807) is 24.3 Å². The second kappa shape index (κ2) is 6.12. The zero-order valence-corrected chi connectivity index (χ0v) is 7.81. The van der Waals surface area contributed by atoms with Crippen molar-refractivity contribution >= 4 is 5.97 Å². The molecule has 76 valence electrons. The Morgan fingerprint density at radius 3 is 2.57 bits per heavy atom. The molecule has 0 atom stereocenters. The topological polar surface area (TPSA) is 61.6 Å². The molecule has 2 N–H and O–H groups in total. The first kappa shape index (κ1) is 10.7. The summed E-state index contributed by atoms with van der Waals surface area (Å²) in [6.45, 7) is 0.697. The number of esters is 1. The van der Waals surface area contributed by atoms with Crippen molar-refractivity contribution in [2.45, 2.75) is 0 Å². The standard InChI is InChI=1S/C10H13NO3/c11-8-13-6-7-14-10(12)9-4-2-1-3-5-9/h1-5H,6-8,11H2. The molecule has 0 spiro atoms. The lowest BCUT2D eigenvalue weighted by molar-refractivity contribution is 0.0326. The van der Waals surface area contributed by atoms with Gasteiger partial charge in [0.25, 0.3) is 0 Å². The molecule has 1 aromatic carbocycles. The maximum Gasteiger partial charge on any atom is 0.338 e. The number of benzene rings is 1. The van der Waals surface area contributed by atoms with Gasteiger partial charge in [0.15, 0.2) is 0 Å². The fourth-order valence-corrected chi connectivity index (χ4v) is 0.934. The maximum atomic E-state index is 11.3. The number of nitrogens with two attached hydrogens (primary N) is 1. The first-order chi connectivity index (χ1) is 6.84. The Labute approximate surface area is 82.6 Å². The lowest BCUT2D eigenvalue weighted by Crippen LogP contribution is -2.13. The molecule has 0 bridgehead atoms. The Balaban J connectivity index is 2.29. The summed E-state index contributed by atoms with van der Waals surface area (Å²) in [7, 11) is 0. The molecule has 4 nitrogen and oxygen atoms in total. The van der Waals surface area contributed by atoms with Crippen molar-refractivity contribution in [3.63, 3.8) is 0 Å². The van der Waals surface area contributed by atoms with E-state index >= 15 is 0 Å². The second-order valence-corrected chi connectivity index (χ2v) is 2.58. The van der Waals surface area contributed by atoms with Crippen LogP contribution in [-0.2, 0) is 9.47 Å². The van der Waals surface area contributed by atoms with Crippen LogP contribution < -0.4 is 5.73 Å². The van der Waals surface area contributed by atoms with Gasteiger partial charge in [-0.05, 0) is 12.1 Å². The number of carbonyl (C=O) groups excluding carboxylic acids is 1. The molecule has 1 rings (SSSR count). The summed E-state index contributed by atoms with van der Waals surface area (Å²) >= 11 is 0. The number of carbonyl (C=O) groups is 1. The molecule has 0 heterocycles. The number of rotatable bonds is 5. The van der Waals surface area contributed by atoms with Crippen molar-refractivity contribution in [1.82, 2.24) is 0 Å². The molecule has 14 heavy (non-hydrogen) atoms. The van der Waals surface area contributed by atoms with Gasteiger partial charge in [-0.2, -0.15) is 0 Å². The average molecular weight is 195 g/mol. The maximum absolute atomic E-state index is 11.3. The summed E-state index contributed by atoms with van der Waals surface area (Å²) in [5.41, 5.74) is 5.64. The van der Waals surface area contributed by atoms with E-state index in [-0.39, 0.29) is 19.3 Å². The van der Waals surface area contributed by atoms with E-state index in [9.17, 15) is 4.79 Å². The Kier molecular flexibility index (Phi) is 4.68. The van der Waals surface area contributed by atoms with Gasteiger partial charge < -0.3 is 15.2 Å². The van der Waals surface area contributed by atoms with Gasteiger partial charge in [0.2, 0.25) is 0 Å². The van der Waals surface area contributed by atoms with Gasteiger partial charge in [-0.15, -0.1) is 0 Å². The first-order valence-corrected chi connectivity index (χ1v) is 4.34. The lowest BCUT2D eigenvalue weighted by Gasteiger charge is -2.04. The Morgan fingerprint density at radius 1 is 1.21 bits per heavy atom. The van der Waals surface area contributed by atoms with Crippen LogP contribution in [0, 0.1) is 0 Å². The van der Waals surface area contributed by atoms with Crippen molar-refractivity contribution in [2.75, 3.05) is 19.9 Å². The molecule has 0 aliphatic carbocycles. The normalized spacial score (nSPS) is 9.79. The molecule has 0 aliphatic rings. The van der Waals surface area contributed by atoms with Crippen molar-refractivity contribution in [3.05, 3.63) is 35.9 Å². The van der Waals surface area contributed by atoms with Crippen LogP contribution in [0.15, 0.2) is 30.3 Å². The molecular weight excluding hydrogens is 182 g/mol. The molecule has 4 heteroatoms. The van der Waals surface area contributed by atoms with Crippen molar-refractivity contribution < 1.29 is 14.3 Å². The minimum atomic E-state index is -0.341. The van der Waals surface area contributed by atoms with Gasteiger partial charge in [-0.3, -0.25) is 0 Å². The van der Waals surface area contributed by atoms with E-state index < -0.39 is 0 Å². The summed E-state index contributed by atoms with van der Waals surface area (Å²) in [5.74, 6) is -0.341. The Morgan fingerprint density at radius 2 is 1.93 bits per heavy atom. The molecule has 1 aromatic rings. The minimum Gasteiger partial charge on any atom is -0.460 e. The van der Waals surface area contributed by atoms with E-state index in [1.165, 1.54) is 0 Å². The Bertz CT molecular complexity index is 274. The molecule has 0 saturated heterocycles. The van der Waals surface area contributed by atoms with Crippen LogP contribution in [0.3, 0.4) is 0 Å². The van der Waals surface area contributed by atoms with E-state index in [4.69, 9.17) is 15.2 Å². The molecule has 0 fully saturated rings. The lowest BCUT2D eigenvalue weighted by atomic mass is 10.2. The van der Waals surface area contributed by atoms with Gasteiger partial charge in [-0.1, -0.05) is 18.2 Å². The highest BCUT2D eigenvalue weighted by atomic mass is 16.6. The SMILES string of the molecule is NCOCCOC(=O)c1ccccc1. The molecule has 0 aromatic heterocycles. The highest BCUT2D eigenvalue weighted by Crippen LogP contribution is 2.00. The quantitative estimate of drug-likeness (QED) is 0.428. The van der Waals surface area contributed by atoms with Crippen molar-refractivity contribution in [2.24, 2.45) is 5.73 Å². The monoisotopic (exact) mass is 195 g/mol. The van der Waals surface area contributed by atoms with E-state index in [0.717, 1.165) is 0 Å². The third-order valence-electron chi connectivity index (χ3n) is 1.59. The zero-order chi connectivity index (χ0) is 10.2. The van der Waals surface area contributed by atoms with Gasteiger partial charge >= 0.3 is 5.97 Å². The molecular formula is C10H13NO3. The predicted octanol–water partition coefficient (Wildman–Crippen LogP) is 0.776. The van der Waals surface area contributed by atoms with Crippen molar-refractivity contribution in [3.8, 4) is 0 Å².